The summed E-state index contributed by atoms with van der Waals surface area (Å²) in [6.07, 6.45) is -2.65. The summed E-state index contributed by atoms with van der Waals surface area (Å²) in [7, 11) is -12.8. The fourth-order valence-electron chi connectivity index (χ4n) is 2.33. The third-order valence-electron chi connectivity index (χ3n) is 4.38. The highest BCUT2D eigenvalue weighted by Gasteiger charge is 2.31. The van der Waals surface area contributed by atoms with Crippen molar-refractivity contribution < 1.29 is 47.7 Å². The largest absolute Gasteiger partial charge is 0.481 e. The topological polar surface area (TPSA) is 199 Å². The second-order valence-electron chi connectivity index (χ2n) is 7.39. The summed E-state index contributed by atoms with van der Waals surface area (Å²) < 4.78 is 48.6. The van der Waals surface area contributed by atoms with Crippen LogP contribution in [0, 0.1) is 0 Å². The van der Waals surface area contributed by atoms with E-state index in [9.17, 15) is 42.6 Å². The number of aromatic nitrogens is 1. The molecule has 0 aromatic carbocycles. The van der Waals surface area contributed by atoms with Gasteiger partial charge in [0.15, 0.2) is 0 Å². The zero-order valence-electron chi connectivity index (χ0n) is 17.7. The van der Waals surface area contributed by atoms with Crippen LogP contribution in [0.4, 0.5) is 0 Å². The number of rotatable bonds is 17. The van der Waals surface area contributed by atoms with Gasteiger partial charge in [0, 0.05) is 61.2 Å². The molecule has 0 saturated heterocycles. The summed E-state index contributed by atoms with van der Waals surface area (Å²) in [4.78, 5) is 54.3. The highest BCUT2D eigenvalue weighted by molar-refractivity contribution is 8.76. The Morgan fingerprint density at radius 1 is 0.758 bits per heavy atom. The Hall–Kier alpha value is 0.0800. The first-order chi connectivity index (χ1) is 15.1. The Labute approximate surface area is 200 Å². The molecule has 1 aromatic rings. The number of carbonyl (C=O) groups is 1. The maximum absolute atomic E-state index is 12.3. The Balaban J connectivity index is 2.39. The second-order valence-corrected chi connectivity index (χ2v) is 20.2. The van der Waals surface area contributed by atoms with E-state index in [1.54, 1.807) is 18.3 Å². The van der Waals surface area contributed by atoms with E-state index in [0.29, 0.717) is 5.75 Å². The predicted molar refractivity (Wildman–Crippen MR) is 133 cm³/mol. The first-order valence-electron chi connectivity index (χ1n) is 9.77. The van der Waals surface area contributed by atoms with Crippen LogP contribution < -0.4 is 0 Å². The fourth-order valence-corrected chi connectivity index (χ4v) is 14.7. The van der Waals surface area contributed by atoms with Gasteiger partial charge < -0.3 is 24.7 Å². The van der Waals surface area contributed by atoms with Crippen molar-refractivity contribution >= 4 is 57.0 Å². The maximum atomic E-state index is 12.3. The van der Waals surface area contributed by atoms with Crippen LogP contribution >= 0.6 is 51.1 Å². The first-order valence-corrected chi connectivity index (χ1v) is 20.2. The summed E-state index contributed by atoms with van der Waals surface area (Å²) >= 11 is 0. The number of aliphatic carboxylic acids is 1. The van der Waals surface area contributed by atoms with Gasteiger partial charge >= 0.3 is 5.97 Å². The minimum absolute atomic E-state index is 0.0574. The van der Waals surface area contributed by atoms with Crippen LogP contribution in [-0.2, 0) is 23.1 Å². The highest BCUT2D eigenvalue weighted by Crippen LogP contribution is 2.53. The van der Waals surface area contributed by atoms with Gasteiger partial charge in [0.2, 0.25) is 29.5 Å². The Morgan fingerprint density at radius 3 is 1.64 bits per heavy atom. The molecule has 190 valence electrons. The zero-order valence-corrected chi connectivity index (χ0v) is 22.9. The van der Waals surface area contributed by atoms with Gasteiger partial charge in [0.05, 0.1) is 6.42 Å². The number of pyridine rings is 1. The summed E-state index contributed by atoms with van der Waals surface area (Å²) in [5.74, 6) is -0.927. The number of hydrogen-bond donors (Lipinski definition) is 5. The Bertz CT molecular complexity index is 964. The van der Waals surface area contributed by atoms with Crippen molar-refractivity contribution in [2.45, 2.75) is 11.4 Å². The van der Waals surface area contributed by atoms with Gasteiger partial charge in [0.25, 0.3) is 0 Å². The van der Waals surface area contributed by atoms with Crippen LogP contribution in [0.5, 0.6) is 0 Å². The molecule has 0 radical (unpaired) electrons. The zero-order chi connectivity index (χ0) is 25.2. The summed E-state index contributed by atoms with van der Waals surface area (Å²) in [5, 5.41) is 9.31. The fraction of sp³-hybridized carbons (Fsp3) is 0.625. The summed E-state index contributed by atoms with van der Waals surface area (Å²) in [5.41, 5.74) is 0. The van der Waals surface area contributed by atoms with Crippen molar-refractivity contribution in [2.75, 3.05) is 55.0 Å². The van der Waals surface area contributed by atoms with E-state index >= 15 is 0 Å². The van der Waals surface area contributed by atoms with Gasteiger partial charge in [-0.25, -0.2) is 4.98 Å². The van der Waals surface area contributed by atoms with Crippen LogP contribution in [-0.4, -0.2) is 90.7 Å². The van der Waals surface area contributed by atoms with Gasteiger partial charge in [-0.05, 0) is 22.9 Å². The number of hydrogen-bond acceptors (Lipinski definition) is 8. The second kappa shape index (κ2) is 14.0. The van der Waals surface area contributed by atoms with Crippen LogP contribution in [0.25, 0.3) is 0 Å². The van der Waals surface area contributed by atoms with E-state index in [1.165, 1.54) is 21.6 Å². The minimum atomic E-state index is -4.00. The van der Waals surface area contributed by atoms with E-state index in [-0.39, 0.29) is 6.16 Å². The normalized spacial score (nSPS) is 19.0. The number of nitrogens with zero attached hydrogens (tertiary/aromatic N) is 1. The molecule has 5 N–H and O–H groups in total. The molecule has 0 saturated carbocycles. The molecule has 0 spiro atoms. The van der Waals surface area contributed by atoms with Crippen LogP contribution in [0.2, 0.25) is 0 Å². The van der Waals surface area contributed by atoms with Crippen LogP contribution in [0.3, 0.4) is 0 Å². The molecule has 17 heteroatoms. The van der Waals surface area contributed by atoms with Gasteiger partial charge in [-0.15, -0.1) is 0 Å². The lowest BCUT2D eigenvalue weighted by atomic mass is 10.5. The molecule has 0 aliphatic carbocycles. The molecule has 0 bridgehead atoms. The molecule has 0 fully saturated rings. The lowest BCUT2D eigenvalue weighted by Crippen LogP contribution is -2.09. The quantitative estimate of drug-likeness (QED) is 0.102. The van der Waals surface area contributed by atoms with Gasteiger partial charge in [-0.3, -0.25) is 23.1 Å². The third kappa shape index (κ3) is 15.6. The smallest absolute Gasteiger partial charge is 0.303 e. The minimum Gasteiger partial charge on any atom is -0.481 e. The van der Waals surface area contributed by atoms with E-state index < -0.39 is 85.0 Å². The molecule has 4 atom stereocenters. The van der Waals surface area contributed by atoms with E-state index in [0.717, 1.165) is 5.03 Å². The lowest BCUT2D eigenvalue weighted by molar-refractivity contribution is -0.136. The Kier molecular flexibility index (Phi) is 13.2. The summed E-state index contributed by atoms with van der Waals surface area (Å²) in [6.45, 7) is 0. The molecule has 0 aliphatic heterocycles. The monoisotopic (exact) mass is 583 g/mol. The SMILES string of the molecule is O=C(O)CCP(=O)(O)CCP(=O)(O)CCP(=O)(O)CCP(=O)(O)CCSSc1ccccn1. The van der Waals surface area contributed by atoms with Gasteiger partial charge in [-0.1, -0.05) is 16.9 Å². The average molecular weight is 583 g/mol. The third-order valence-corrected chi connectivity index (χ3v) is 15.4. The van der Waals surface area contributed by atoms with Crippen molar-refractivity contribution in [3.8, 4) is 0 Å². The highest BCUT2D eigenvalue weighted by atomic mass is 33.1. The summed E-state index contributed by atoms with van der Waals surface area (Å²) in [6, 6.07) is 5.39. The molecular weight excluding hydrogens is 554 g/mol. The predicted octanol–water partition coefficient (Wildman–Crippen LogP) is 3.38. The Morgan fingerprint density at radius 2 is 1.21 bits per heavy atom. The number of carboxylic acids is 1. The molecule has 33 heavy (non-hydrogen) atoms. The molecule has 1 rings (SSSR count). The van der Waals surface area contributed by atoms with E-state index in [1.807, 2.05) is 6.07 Å². The molecular formula is C16H29NO10P4S2. The van der Waals surface area contributed by atoms with Crippen molar-refractivity contribution in [1.29, 1.82) is 0 Å². The average Bonchev–Trinajstić information content (AvgIpc) is 2.73. The molecule has 1 aromatic heterocycles. The first kappa shape index (κ1) is 31.1. The van der Waals surface area contributed by atoms with Crippen molar-refractivity contribution in [3.05, 3.63) is 24.4 Å². The van der Waals surface area contributed by atoms with Crippen LogP contribution in [0.1, 0.15) is 6.42 Å². The standard InChI is InChI=1S/C16H29NO10P4S2/c18-16(19)4-6-28(20,21)7-8-29(22,23)9-10-30(24,25)11-12-31(26,27)13-14-32-33-15-3-1-2-5-17-15/h1-3,5H,4,6-14H2,(H,18,19)(H,20,21)(H,22,23)(H,24,25)(H,26,27). The van der Waals surface area contributed by atoms with E-state index in [4.69, 9.17) is 5.11 Å². The van der Waals surface area contributed by atoms with Gasteiger partial charge in [0.1, 0.15) is 5.03 Å². The van der Waals surface area contributed by atoms with E-state index in [2.05, 4.69) is 4.98 Å². The molecule has 0 amide bonds. The molecule has 11 nitrogen and oxygen atoms in total. The number of carboxylic acid groups (broad SMARTS) is 1. The molecule has 0 aliphatic rings. The molecule has 1 heterocycles. The van der Waals surface area contributed by atoms with Crippen LogP contribution in [0.15, 0.2) is 29.4 Å². The van der Waals surface area contributed by atoms with Gasteiger partial charge in [-0.2, -0.15) is 0 Å². The van der Waals surface area contributed by atoms with Crippen molar-refractivity contribution in [2.24, 2.45) is 0 Å². The molecule has 4 unspecified atom stereocenters. The maximum Gasteiger partial charge on any atom is 0.303 e. The van der Waals surface area contributed by atoms with Crippen molar-refractivity contribution in [3.63, 3.8) is 0 Å². The van der Waals surface area contributed by atoms with Crippen molar-refractivity contribution in [1.82, 2.24) is 4.98 Å². The lowest BCUT2D eigenvalue weighted by Gasteiger charge is -2.18.